The molecule has 154 valence electrons. The molecule has 1 rings (SSSR count). The normalized spacial score (nSPS) is 28.0. The molecule has 0 radical (unpaired) electrons. The topological polar surface area (TPSA) is 117 Å². The lowest BCUT2D eigenvalue weighted by molar-refractivity contribution is -0.247. The molecule has 5 atom stereocenters. The number of hydrogen-bond acceptors (Lipinski definition) is 8. The van der Waals surface area contributed by atoms with Crippen molar-refractivity contribution in [3.05, 3.63) is 0 Å². The van der Waals surface area contributed by atoms with E-state index in [2.05, 4.69) is 4.74 Å². The lowest BCUT2D eigenvalue weighted by atomic mass is 9.96. The fraction of sp³-hybridized carbons (Fsp3) is 0.714. The Morgan fingerprint density at radius 1 is 0.963 bits per heavy atom. The molecule has 1 amide bonds. The van der Waals surface area contributed by atoms with Crippen LogP contribution in [0.25, 0.3) is 0 Å². The van der Waals surface area contributed by atoms with E-state index in [9.17, 15) is 36.7 Å². The Morgan fingerprint density at radius 2 is 1.48 bits per heavy atom. The zero-order valence-electron chi connectivity index (χ0n) is 14.4. The van der Waals surface area contributed by atoms with Crippen LogP contribution in [0.1, 0.15) is 20.8 Å². The smallest absolute Gasteiger partial charge is 0.463 e. The molecule has 0 aromatic carbocycles. The first-order valence-electron chi connectivity index (χ1n) is 7.48. The highest BCUT2D eigenvalue weighted by molar-refractivity contribution is 5.82. The average Bonchev–Trinajstić information content (AvgIpc) is 2.49. The van der Waals surface area contributed by atoms with Gasteiger partial charge in [-0.25, -0.2) is 4.39 Å². The van der Waals surface area contributed by atoms with Crippen LogP contribution in [0.2, 0.25) is 0 Å². The summed E-state index contributed by atoms with van der Waals surface area (Å²) in [5.41, 5.74) is 0. The Bertz CT molecular complexity index is 596. The van der Waals surface area contributed by atoms with E-state index in [1.807, 2.05) is 0 Å². The van der Waals surface area contributed by atoms with Crippen molar-refractivity contribution < 1.29 is 55.7 Å². The quantitative estimate of drug-likeness (QED) is 0.392. The number of esters is 3. The van der Waals surface area contributed by atoms with Crippen LogP contribution in [0.15, 0.2) is 0 Å². The average molecular weight is 403 g/mol. The van der Waals surface area contributed by atoms with Gasteiger partial charge in [0.1, 0.15) is 18.8 Å². The van der Waals surface area contributed by atoms with Crippen molar-refractivity contribution in [2.24, 2.45) is 0 Å². The summed E-state index contributed by atoms with van der Waals surface area (Å²) in [4.78, 5) is 44.7. The summed E-state index contributed by atoms with van der Waals surface area (Å²) in [6.07, 6.45) is -13.0. The molecule has 1 aliphatic rings. The highest BCUT2D eigenvalue weighted by atomic mass is 19.4. The molecule has 1 aliphatic heterocycles. The lowest BCUT2D eigenvalue weighted by Gasteiger charge is -2.42. The Balaban J connectivity index is 3.18. The van der Waals surface area contributed by atoms with Crippen LogP contribution in [0.5, 0.6) is 0 Å². The summed E-state index contributed by atoms with van der Waals surface area (Å²) in [6, 6.07) is -2.14. The first-order valence-corrected chi connectivity index (χ1v) is 7.48. The van der Waals surface area contributed by atoms with Gasteiger partial charge >= 0.3 is 30.0 Å². The van der Waals surface area contributed by atoms with Gasteiger partial charge in [-0.15, -0.1) is 0 Å². The summed E-state index contributed by atoms with van der Waals surface area (Å²) >= 11 is 0. The molecule has 1 saturated heterocycles. The third kappa shape index (κ3) is 6.66. The van der Waals surface area contributed by atoms with Crippen molar-refractivity contribution in [2.75, 3.05) is 6.61 Å². The number of alkyl halides is 4. The van der Waals surface area contributed by atoms with Crippen molar-refractivity contribution >= 4 is 23.8 Å². The maximum atomic E-state index is 14.3. The first-order chi connectivity index (χ1) is 12.3. The van der Waals surface area contributed by atoms with Crippen LogP contribution in [0.4, 0.5) is 17.6 Å². The largest absolute Gasteiger partial charge is 0.471 e. The van der Waals surface area contributed by atoms with Crippen molar-refractivity contribution in [3.8, 4) is 0 Å². The third-order valence-electron chi connectivity index (χ3n) is 3.24. The second-order valence-corrected chi connectivity index (χ2v) is 5.47. The number of carbonyl (C=O) groups excluding carboxylic acids is 4. The second-order valence-electron chi connectivity index (χ2n) is 5.47. The molecule has 0 unspecified atom stereocenters. The molecule has 0 spiro atoms. The van der Waals surface area contributed by atoms with Crippen LogP contribution in [-0.2, 0) is 38.1 Å². The van der Waals surface area contributed by atoms with Gasteiger partial charge in [-0.1, -0.05) is 0 Å². The number of nitrogens with one attached hydrogen (secondary N) is 1. The number of ether oxygens (including phenoxy) is 4. The predicted molar refractivity (Wildman–Crippen MR) is 75.5 cm³/mol. The lowest BCUT2D eigenvalue weighted by Crippen LogP contribution is -2.66. The molecule has 27 heavy (non-hydrogen) atoms. The van der Waals surface area contributed by atoms with Gasteiger partial charge in [-0.2, -0.15) is 13.2 Å². The van der Waals surface area contributed by atoms with Crippen molar-refractivity contribution in [1.82, 2.24) is 5.32 Å². The van der Waals surface area contributed by atoms with Crippen molar-refractivity contribution in [3.63, 3.8) is 0 Å². The first kappa shape index (κ1) is 22.6. The van der Waals surface area contributed by atoms with E-state index < -0.39 is 67.3 Å². The zero-order valence-corrected chi connectivity index (χ0v) is 14.4. The number of hydrogen-bond donors (Lipinski definition) is 1. The highest BCUT2D eigenvalue weighted by Gasteiger charge is 2.53. The van der Waals surface area contributed by atoms with Crippen LogP contribution in [0, 0.1) is 0 Å². The van der Waals surface area contributed by atoms with E-state index in [0.717, 1.165) is 20.8 Å². The highest BCUT2D eigenvalue weighted by Crippen LogP contribution is 2.28. The molecule has 1 heterocycles. The van der Waals surface area contributed by atoms with Crippen molar-refractivity contribution in [2.45, 2.75) is 57.7 Å². The van der Waals surface area contributed by atoms with Gasteiger partial charge in [0, 0.05) is 20.8 Å². The van der Waals surface area contributed by atoms with E-state index in [-0.39, 0.29) is 0 Å². The van der Waals surface area contributed by atoms with Gasteiger partial charge in [0.15, 0.2) is 12.2 Å². The Kier molecular flexibility index (Phi) is 7.51. The molecule has 0 bridgehead atoms. The number of carbonyl (C=O) groups is 4. The predicted octanol–water partition coefficient (Wildman–Crippen LogP) is 0.154. The molecule has 0 saturated carbocycles. The van der Waals surface area contributed by atoms with E-state index in [0.29, 0.717) is 0 Å². The van der Waals surface area contributed by atoms with E-state index in [4.69, 9.17) is 14.2 Å². The minimum atomic E-state index is -5.36. The number of halogens is 4. The molecule has 1 fully saturated rings. The summed E-state index contributed by atoms with van der Waals surface area (Å²) in [5, 5.41) is 1.31. The maximum Gasteiger partial charge on any atom is 0.471 e. The number of rotatable bonds is 5. The van der Waals surface area contributed by atoms with Gasteiger partial charge in [0.05, 0.1) is 0 Å². The van der Waals surface area contributed by atoms with Crippen LogP contribution < -0.4 is 5.32 Å². The molecular weight excluding hydrogens is 386 g/mol. The third-order valence-corrected chi connectivity index (χ3v) is 3.24. The molecule has 0 aromatic heterocycles. The van der Waals surface area contributed by atoms with E-state index in [1.54, 1.807) is 0 Å². The molecular formula is C14H17F4NO8. The minimum absolute atomic E-state index is 0.647. The van der Waals surface area contributed by atoms with Crippen LogP contribution in [0.3, 0.4) is 0 Å². The van der Waals surface area contributed by atoms with Crippen LogP contribution >= 0.6 is 0 Å². The van der Waals surface area contributed by atoms with Gasteiger partial charge < -0.3 is 24.3 Å². The zero-order chi connectivity index (χ0) is 20.9. The fourth-order valence-electron chi connectivity index (χ4n) is 2.28. The van der Waals surface area contributed by atoms with Gasteiger partial charge in [-0.05, 0) is 0 Å². The maximum absolute atomic E-state index is 14.3. The summed E-state index contributed by atoms with van der Waals surface area (Å²) in [5.74, 6) is -5.33. The molecule has 1 N–H and O–H groups in total. The summed E-state index contributed by atoms with van der Waals surface area (Å²) < 4.78 is 70.8. The van der Waals surface area contributed by atoms with E-state index in [1.165, 1.54) is 5.32 Å². The minimum Gasteiger partial charge on any atom is -0.463 e. The Hall–Kier alpha value is -2.44. The van der Waals surface area contributed by atoms with E-state index >= 15 is 0 Å². The van der Waals surface area contributed by atoms with Crippen molar-refractivity contribution in [1.29, 1.82) is 0 Å². The number of amides is 1. The molecule has 13 heteroatoms. The molecule has 9 nitrogen and oxygen atoms in total. The van der Waals surface area contributed by atoms with Gasteiger partial charge in [-0.3, -0.25) is 19.2 Å². The Labute approximate surface area is 150 Å². The standard InChI is InChI=1S/C14H17F4NO8/c1-5(20)24-4-8-10(25-6(2)21)11(26-7(3)22)9(12(15)27-8)19-13(23)14(16,17)18/h8-12H,4H2,1-3H3,(H,19,23)/t8-,9-,10-,11-,12+/m1/s1. The summed E-state index contributed by atoms with van der Waals surface area (Å²) in [6.45, 7) is 2.17. The van der Waals surface area contributed by atoms with Crippen LogP contribution in [-0.4, -0.2) is 67.3 Å². The SMILES string of the molecule is CC(=O)OC[C@H]1O[C@H](F)[C@H](NC(=O)C(F)(F)F)[C@@H](OC(C)=O)[C@@H]1OC(C)=O. The second kappa shape index (κ2) is 8.97. The fourth-order valence-corrected chi connectivity index (χ4v) is 2.28. The molecule has 0 aromatic rings. The monoisotopic (exact) mass is 403 g/mol. The summed E-state index contributed by atoms with van der Waals surface area (Å²) in [7, 11) is 0. The van der Waals surface area contributed by atoms with Gasteiger partial charge in [0.2, 0.25) is 6.36 Å². The Morgan fingerprint density at radius 3 is 1.93 bits per heavy atom. The van der Waals surface area contributed by atoms with Gasteiger partial charge in [0.25, 0.3) is 0 Å². The molecule has 0 aliphatic carbocycles.